The summed E-state index contributed by atoms with van der Waals surface area (Å²) in [7, 11) is 2.01. The highest BCUT2D eigenvalue weighted by Gasteiger charge is 2.14. The minimum absolute atomic E-state index is 0.211. The maximum Gasteiger partial charge on any atom is 0.123 e. The standard InChI is InChI=1S/C17H22FN/c1-5-7-8-9-14(3)17(6-2)19(4)16-12-10-15(18)11-13-16/h5,7-13,17H,3,6H2,1-2,4H3/b7-5-,9-8-. The highest BCUT2D eigenvalue weighted by atomic mass is 19.1. The molecule has 0 saturated carbocycles. The number of allylic oxidation sites excluding steroid dienone is 3. The summed E-state index contributed by atoms with van der Waals surface area (Å²) in [4.78, 5) is 2.13. The van der Waals surface area contributed by atoms with Crippen molar-refractivity contribution in [1.29, 1.82) is 0 Å². The highest BCUT2D eigenvalue weighted by molar-refractivity contribution is 5.49. The predicted molar refractivity (Wildman–Crippen MR) is 82.0 cm³/mol. The Kier molecular flexibility index (Phi) is 6.07. The number of hydrogen-bond acceptors (Lipinski definition) is 1. The number of hydrogen-bond donors (Lipinski definition) is 0. The van der Waals surface area contributed by atoms with Gasteiger partial charge in [-0.15, -0.1) is 0 Å². The van der Waals surface area contributed by atoms with Crippen LogP contribution in [0.15, 0.2) is 60.7 Å². The molecule has 0 aliphatic heterocycles. The molecule has 0 bridgehead atoms. The van der Waals surface area contributed by atoms with Crippen molar-refractivity contribution in [3.05, 3.63) is 66.5 Å². The van der Waals surface area contributed by atoms with Crippen LogP contribution >= 0.6 is 0 Å². The van der Waals surface area contributed by atoms with Gasteiger partial charge in [-0.1, -0.05) is 37.8 Å². The molecule has 0 saturated heterocycles. The Morgan fingerprint density at radius 3 is 2.47 bits per heavy atom. The van der Waals surface area contributed by atoms with Crippen LogP contribution in [-0.2, 0) is 0 Å². The van der Waals surface area contributed by atoms with Crippen LogP contribution in [0.3, 0.4) is 0 Å². The second-order valence-electron chi connectivity index (χ2n) is 4.47. The zero-order valence-electron chi connectivity index (χ0n) is 11.9. The van der Waals surface area contributed by atoms with Gasteiger partial charge in [0.1, 0.15) is 5.82 Å². The summed E-state index contributed by atoms with van der Waals surface area (Å²) >= 11 is 0. The third kappa shape index (κ3) is 4.40. The molecular weight excluding hydrogens is 237 g/mol. The smallest absolute Gasteiger partial charge is 0.123 e. The molecule has 0 aliphatic carbocycles. The van der Waals surface area contributed by atoms with Gasteiger partial charge >= 0.3 is 0 Å². The summed E-state index contributed by atoms with van der Waals surface area (Å²) in [6, 6.07) is 6.77. The lowest BCUT2D eigenvalue weighted by Crippen LogP contribution is -2.31. The van der Waals surface area contributed by atoms with Crippen molar-refractivity contribution in [2.24, 2.45) is 0 Å². The van der Waals surface area contributed by atoms with Gasteiger partial charge in [0.2, 0.25) is 0 Å². The molecule has 0 spiro atoms. The van der Waals surface area contributed by atoms with Crippen LogP contribution < -0.4 is 4.90 Å². The second-order valence-corrected chi connectivity index (χ2v) is 4.47. The summed E-state index contributed by atoms with van der Waals surface area (Å²) in [6.45, 7) is 8.23. The number of rotatable bonds is 6. The average Bonchev–Trinajstić information content (AvgIpc) is 2.40. The lowest BCUT2D eigenvalue weighted by Gasteiger charge is -2.30. The third-order valence-corrected chi connectivity index (χ3v) is 3.13. The Balaban J connectivity index is 2.84. The van der Waals surface area contributed by atoms with Crippen LogP contribution in [0.5, 0.6) is 0 Å². The first-order chi connectivity index (χ1) is 9.10. The van der Waals surface area contributed by atoms with Gasteiger partial charge < -0.3 is 4.90 Å². The Labute approximate surface area is 115 Å². The predicted octanol–water partition coefficient (Wildman–Crippen LogP) is 4.73. The summed E-state index contributed by atoms with van der Waals surface area (Å²) < 4.78 is 12.9. The molecule has 19 heavy (non-hydrogen) atoms. The van der Waals surface area contributed by atoms with E-state index in [-0.39, 0.29) is 11.9 Å². The Morgan fingerprint density at radius 2 is 1.95 bits per heavy atom. The van der Waals surface area contributed by atoms with E-state index in [1.807, 2.05) is 38.3 Å². The normalized spacial score (nSPS) is 13.1. The quantitative estimate of drug-likeness (QED) is 0.668. The van der Waals surface area contributed by atoms with Crippen LogP contribution in [0.4, 0.5) is 10.1 Å². The van der Waals surface area contributed by atoms with Crippen molar-refractivity contribution in [2.45, 2.75) is 26.3 Å². The minimum Gasteiger partial charge on any atom is -0.368 e. The van der Waals surface area contributed by atoms with Crippen molar-refractivity contribution in [3.8, 4) is 0 Å². The summed E-state index contributed by atoms with van der Waals surface area (Å²) in [6.07, 6.45) is 8.93. The summed E-state index contributed by atoms with van der Waals surface area (Å²) in [5.74, 6) is -0.211. The molecule has 0 aliphatic rings. The summed E-state index contributed by atoms with van der Waals surface area (Å²) in [5.41, 5.74) is 2.04. The fourth-order valence-electron chi connectivity index (χ4n) is 2.04. The van der Waals surface area contributed by atoms with Gasteiger partial charge in [-0.05, 0) is 43.2 Å². The molecular formula is C17H22FN. The molecule has 102 valence electrons. The van der Waals surface area contributed by atoms with Gasteiger partial charge in [0.05, 0.1) is 6.04 Å². The zero-order chi connectivity index (χ0) is 14.3. The molecule has 2 heteroatoms. The van der Waals surface area contributed by atoms with E-state index in [4.69, 9.17) is 0 Å². The molecule has 0 radical (unpaired) electrons. The van der Waals surface area contributed by atoms with Crippen molar-refractivity contribution in [2.75, 3.05) is 11.9 Å². The van der Waals surface area contributed by atoms with Gasteiger partial charge in [0.25, 0.3) is 0 Å². The van der Waals surface area contributed by atoms with E-state index in [1.54, 1.807) is 12.1 Å². The largest absolute Gasteiger partial charge is 0.368 e. The molecule has 1 rings (SSSR count). The van der Waals surface area contributed by atoms with Crippen molar-refractivity contribution in [3.63, 3.8) is 0 Å². The van der Waals surface area contributed by atoms with Crippen LogP contribution in [0.2, 0.25) is 0 Å². The van der Waals surface area contributed by atoms with Crippen LogP contribution in [-0.4, -0.2) is 13.1 Å². The monoisotopic (exact) mass is 259 g/mol. The molecule has 0 aromatic heterocycles. The van der Waals surface area contributed by atoms with Crippen molar-refractivity contribution in [1.82, 2.24) is 0 Å². The van der Waals surface area contributed by atoms with E-state index in [2.05, 4.69) is 18.4 Å². The van der Waals surface area contributed by atoms with Gasteiger partial charge in [0, 0.05) is 12.7 Å². The van der Waals surface area contributed by atoms with E-state index < -0.39 is 0 Å². The number of anilines is 1. The lowest BCUT2D eigenvalue weighted by molar-refractivity contribution is 0.626. The first-order valence-corrected chi connectivity index (χ1v) is 6.56. The molecule has 0 amide bonds. The van der Waals surface area contributed by atoms with E-state index in [1.165, 1.54) is 12.1 Å². The zero-order valence-corrected chi connectivity index (χ0v) is 11.9. The minimum atomic E-state index is -0.211. The second kappa shape index (κ2) is 7.57. The topological polar surface area (TPSA) is 3.24 Å². The number of nitrogens with zero attached hydrogens (tertiary/aromatic N) is 1. The third-order valence-electron chi connectivity index (χ3n) is 3.13. The van der Waals surface area contributed by atoms with E-state index in [0.717, 1.165) is 17.7 Å². The molecule has 1 atom stereocenters. The number of likely N-dealkylation sites (N-methyl/N-ethyl adjacent to an activating group) is 1. The number of halogens is 1. The van der Waals surface area contributed by atoms with Crippen LogP contribution in [0, 0.1) is 5.82 Å². The highest BCUT2D eigenvalue weighted by Crippen LogP contribution is 2.21. The van der Waals surface area contributed by atoms with Crippen molar-refractivity contribution < 1.29 is 4.39 Å². The van der Waals surface area contributed by atoms with Gasteiger partial charge in [-0.2, -0.15) is 0 Å². The van der Waals surface area contributed by atoms with Crippen LogP contribution in [0.1, 0.15) is 20.3 Å². The maximum atomic E-state index is 12.9. The molecule has 0 N–H and O–H groups in total. The van der Waals surface area contributed by atoms with E-state index >= 15 is 0 Å². The molecule has 0 heterocycles. The van der Waals surface area contributed by atoms with Gasteiger partial charge in [-0.25, -0.2) is 4.39 Å². The Bertz CT molecular complexity index is 457. The Morgan fingerprint density at radius 1 is 1.32 bits per heavy atom. The molecule has 1 aromatic carbocycles. The lowest BCUT2D eigenvalue weighted by atomic mass is 10.0. The SMILES string of the molecule is C=C(/C=C\C=C/C)C(CC)N(C)c1ccc(F)cc1. The molecule has 1 unspecified atom stereocenters. The fourth-order valence-corrected chi connectivity index (χ4v) is 2.04. The fraction of sp³-hybridized carbons (Fsp3) is 0.294. The molecule has 1 nitrogen and oxygen atoms in total. The number of benzene rings is 1. The van der Waals surface area contributed by atoms with Crippen LogP contribution in [0.25, 0.3) is 0 Å². The van der Waals surface area contributed by atoms with Crippen molar-refractivity contribution >= 4 is 5.69 Å². The Hall–Kier alpha value is -1.83. The molecule has 0 fully saturated rings. The molecule has 1 aromatic rings. The maximum absolute atomic E-state index is 12.9. The average molecular weight is 259 g/mol. The first kappa shape index (κ1) is 15.2. The van der Waals surface area contributed by atoms with E-state index in [9.17, 15) is 4.39 Å². The van der Waals surface area contributed by atoms with E-state index in [0.29, 0.717) is 0 Å². The van der Waals surface area contributed by atoms with Gasteiger partial charge in [0.15, 0.2) is 0 Å². The first-order valence-electron chi connectivity index (χ1n) is 6.56. The van der Waals surface area contributed by atoms with Gasteiger partial charge in [-0.3, -0.25) is 0 Å². The summed E-state index contributed by atoms with van der Waals surface area (Å²) in [5, 5.41) is 0.